The molecule has 1 N–H and O–H groups in total. The van der Waals surface area contributed by atoms with Gasteiger partial charge in [-0.2, -0.15) is 0 Å². The van der Waals surface area contributed by atoms with Crippen LogP contribution >= 0.6 is 0 Å². The number of aryl methyl sites for hydroxylation is 2. The SMILES string of the molecule is Cc1cc(C)cc(-c2ccc(CCO)cc2)c1. The predicted octanol–water partition coefficient (Wildman–Crippen LogP) is 3.51. The summed E-state index contributed by atoms with van der Waals surface area (Å²) in [5.41, 5.74) is 6.26. The van der Waals surface area contributed by atoms with Gasteiger partial charge in [0.15, 0.2) is 0 Å². The summed E-state index contributed by atoms with van der Waals surface area (Å²) in [5, 5.41) is 8.88. The van der Waals surface area contributed by atoms with Gasteiger partial charge >= 0.3 is 0 Å². The van der Waals surface area contributed by atoms with E-state index in [4.69, 9.17) is 5.11 Å². The zero-order chi connectivity index (χ0) is 12.3. The van der Waals surface area contributed by atoms with Crippen molar-refractivity contribution in [2.24, 2.45) is 0 Å². The highest BCUT2D eigenvalue weighted by atomic mass is 16.2. The van der Waals surface area contributed by atoms with Gasteiger partial charge in [-0.1, -0.05) is 53.6 Å². The van der Waals surface area contributed by atoms with Gasteiger partial charge in [0.25, 0.3) is 0 Å². The van der Waals surface area contributed by atoms with Gasteiger partial charge in [-0.05, 0) is 37.0 Å². The van der Waals surface area contributed by atoms with Crippen LogP contribution in [0.15, 0.2) is 42.5 Å². The van der Waals surface area contributed by atoms with Crippen LogP contribution in [0.5, 0.6) is 0 Å². The zero-order valence-corrected chi connectivity index (χ0v) is 10.4. The third-order valence-electron chi connectivity index (χ3n) is 2.91. The molecule has 1 heteroatoms. The Balaban J connectivity index is 2.32. The van der Waals surface area contributed by atoms with Crippen molar-refractivity contribution in [1.82, 2.24) is 0 Å². The summed E-state index contributed by atoms with van der Waals surface area (Å²) in [5.74, 6) is 0. The lowest BCUT2D eigenvalue weighted by molar-refractivity contribution is 0.299. The lowest BCUT2D eigenvalue weighted by atomic mass is 9.99. The Morgan fingerprint density at radius 1 is 0.824 bits per heavy atom. The molecule has 2 aromatic rings. The summed E-state index contributed by atoms with van der Waals surface area (Å²) in [6, 6.07) is 15.0. The standard InChI is InChI=1S/C16H18O/c1-12-9-13(2)11-16(10-12)15-5-3-14(4-6-15)7-8-17/h3-6,9-11,17H,7-8H2,1-2H3. The van der Waals surface area contributed by atoms with Gasteiger partial charge < -0.3 is 5.11 Å². The van der Waals surface area contributed by atoms with Crippen molar-refractivity contribution in [3.63, 3.8) is 0 Å². The fourth-order valence-electron chi connectivity index (χ4n) is 2.13. The molecule has 17 heavy (non-hydrogen) atoms. The van der Waals surface area contributed by atoms with Crippen LogP contribution < -0.4 is 0 Å². The lowest BCUT2D eigenvalue weighted by Gasteiger charge is -2.06. The van der Waals surface area contributed by atoms with Crippen LogP contribution in [0.25, 0.3) is 11.1 Å². The van der Waals surface area contributed by atoms with E-state index in [1.807, 2.05) is 0 Å². The molecule has 1 nitrogen and oxygen atoms in total. The second-order valence-corrected chi connectivity index (χ2v) is 4.55. The quantitative estimate of drug-likeness (QED) is 0.849. The largest absolute Gasteiger partial charge is 0.396 e. The highest BCUT2D eigenvalue weighted by molar-refractivity contribution is 5.65. The van der Waals surface area contributed by atoms with Gasteiger partial charge in [-0.3, -0.25) is 0 Å². The topological polar surface area (TPSA) is 20.2 Å². The molecule has 0 amide bonds. The average molecular weight is 226 g/mol. The number of hydrogen-bond donors (Lipinski definition) is 1. The number of aliphatic hydroxyl groups is 1. The van der Waals surface area contributed by atoms with E-state index in [0.717, 1.165) is 6.42 Å². The molecule has 0 fully saturated rings. The van der Waals surface area contributed by atoms with E-state index in [9.17, 15) is 0 Å². The van der Waals surface area contributed by atoms with Gasteiger partial charge in [0.2, 0.25) is 0 Å². The lowest BCUT2D eigenvalue weighted by Crippen LogP contribution is -1.90. The molecule has 0 aliphatic carbocycles. The molecule has 0 unspecified atom stereocenters. The van der Waals surface area contributed by atoms with Crippen molar-refractivity contribution in [2.45, 2.75) is 20.3 Å². The second kappa shape index (κ2) is 5.15. The third-order valence-corrected chi connectivity index (χ3v) is 2.91. The molecule has 0 heterocycles. The molecule has 88 valence electrons. The minimum Gasteiger partial charge on any atom is -0.396 e. The maximum Gasteiger partial charge on any atom is 0.0471 e. The molecule has 0 aliphatic heterocycles. The first-order valence-electron chi connectivity index (χ1n) is 5.97. The van der Waals surface area contributed by atoms with Gasteiger partial charge in [-0.15, -0.1) is 0 Å². The first kappa shape index (κ1) is 11.9. The second-order valence-electron chi connectivity index (χ2n) is 4.55. The van der Waals surface area contributed by atoms with Crippen LogP contribution in [0.3, 0.4) is 0 Å². The average Bonchev–Trinajstić information content (AvgIpc) is 2.29. The summed E-state index contributed by atoms with van der Waals surface area (Å²) in [7, 11) is 0. The summed E-state index contributed by atoms with van der Waals surface area (Å²) in [6.07, 6.45) is 0.729. The van der Waals surface area contributed by atoms with Gasteiger partial charge in [-0.25, -0.2) is 0 Å². The van der Waals surface area contributed by atoms with Crippen molar-refractivity contribution in [3.05, 3.63) is 59.2 Å². The molecule has 0 saturated heterocycles. The van der Waals surface area contributed by atoms with E-state index >= 15 is 0 Å². The molecular weight excluding hydrogens is 208 g/mol. The minimum atomic E-state index is 0.211. The summed E-state index contributed by atoms with van der Waals surface area (Å²) in [4.78, 5) is 0. The van der Waals surface area contributed by atoms with Crippen molar-refractivity contribution < 1.29 is 5.11 Å². The minimum absolute atomic E-state index is 0.211. The molecule has 2 aromatic carbocycles. The number of hydrogen-bond acceptors (Lipinski definition) is 1. The van der Waals surface area contributed by atoms with Gasteiger partial charge in [0, 0.05) is 6.61 Å². The van der Waals surface area contributed by atoms with E-state index in [-0.39, 0.29) is 6.61 Å². The molecular formula is C16H18O. The molecule has 0 bridgehead atoms. The molecule has 0 radical (unpaired) electrons. The van der Waals surface area contributed by atoms with Crippen LogP contribution in [0.2, 0.25) is 0 Å². The Labute approximate surface area is 103 Å². The normalized spacial score (nSPS) is 10.5. The molecule has 0 saturated carbocycles. The first-order valence-corrected chi connectivity index (χ1v) is 5.97. The Hall–Kier alpha value is -1.60. The summed E-state index contributed by atoms with van der Waals surface area (Å²) >= 11 is 0. The third kappa shape index (κ3) is 2.95. The fraction of sp³-hybridized carbons (Fsp3) is 0.250. The first-order chi connectivity index (χ1) is 8.19. The molecule has 0 spiro atoms. The smallest absolute Gasteiger partial charge is 0.0471 e. The fourth-order valence-corrected chi connectivity index (χ4v) is 2.13. The zero-order valence-electron chi connectivity index (χ0n) is 10.4. The van der Waals surface area contributed by atoms with E-state index in [1.54, 1.807) is 0 Å². The van der Waals surface area contributed by atoms with E-state index in [1.165, 1.54) is 27.8 Å². The highest BCUT2D eigenvalue weighted by Crippen LogP contribution is 2.22. The maximum atomic E-state index is 8.88. The van der Waals surface area contributed by atoms with Gasteiger partial charge in [0.1, 0.15) is 0 Å². The summed E-state index contributed by atoms with van der Waals surface area (Å²) in [6.45, 7) is 4.45. The van der Waals surface area contributed by atoms with Crippen molar-refractivity contribution in [2.75, 3.05) is 6.61 Å². The van der Waals surface area contributed by atoms with Gasteiger partial charge in [0.05, 0.1) is 0 Å². The van der Waals surface area contributed by atoms with Crippen LogP contribution in [0.4, 0.5) is 0 Å². The Bertz CT molecular complexity index is 477. The highest BCUT2D eigenvalue weighted by Gasteiger charge is 2.00. The molecule has 0 atom stereocenters. The number of benzene rings is 2. The van der Waals surface area contributed by atoms with E-state index < -0.39 is 0 Å². The Morgan fingerprint density at radius 3 is 1.94 bits per heavy atom. The van der Waals surface area contributed by atoms with E-state index in [2.05, 4.69) is 56.3 Å². The van der Waals surface area contributed by atoms with Crippen LogP contribution in [-0.4, -0.2) is 11.7 Å². The predicted molar refractivity (Wildman–Crippen MR) is 72.1 cm³/mol. The maximum absolute atomic E-state index is 8.88. The molecule has 0 aromatic heterocycles. The van der Waals surface area contributed by atoms with Crippen LogP contribution in [0.1, 0.15) is 16.7 Å². The Kier molecular flexibility index (Phi) is 3.60. The number of rotatable bonds is 3. The Morgan fingerprint density at radius 2 is 1.41 bits per heavy atom. The van der Waals surface area contributed by atoms with E-state index in [0.29, 0.717) is 0 Å². The molecule has 0 aliphatic rings. The number of aliphatic hydroxyl groups excluding tert-OH is 1. The van der Waals surface area contributed by atoms with Crippen molar-refractivity contribution in [3.8, 4) is 11.1 Å². The van der Waals surface area contributed by atoms with Crippen molar-refractivity contribution >= 4 is 0 Å². The molecule has 2 rings (SSSR count). The monoisotopic (exact) mass is 226 g/mol. The van der Waals surface area contributed by atoms with Crippen LogP contribution in [0, 0.1) is 13.8 Å². The van der Waals surface area contributed by atoms with Crippen molar-refractivity contribution in [1.29, 1.82) is 0 Å². The van der Waals surface area contributed by atoms with Crippen LogP contribution in [-0.2, 0) is 6.42 Å². The summed E-state index contributed by atoms with van der Waals surface area (Å²) < 4.78 is 0.